The molecule has 96 valence electrons. The Morgan fingerprint density at radius 1 is 1.47 bits per heavy atom. The Kier molecular flexibility index (Phi) is 5.47. The first kappa shape index (κ1) is 14.0. The Balaban J connectivity index is 2.42. The third kappa shape index (κ3) is 4.38. The summed E-state index contributed by atoms with van der Waals surface area (Å²) in [4.78, 5) is 22.2. The lowest BCUT2D eigenvalue weighted by Crippen LogP contribution is -2.19. The van der Waals surface area contributed by atoms with E-state index in [0.29, 0.717) is 6.42 Å². The molecule has 0 aliphatic heterocycles. The normalized spacial score (nSPS) is 11.1. The van der Waals surface area contributed by atoms with E-state index in [2.05, 4.69) is 10.2 Å². The van der Waals surface area contributed by atoms with Gasteiger partial charge in [0.15, 0.2) is 5.16 Å². The number of carbonyl (C=O) groups excluding carboxylic acids is 1. The van der Waals surface area contributed by atoms with Crippen molar-refractivity contribution < 1.29 is 4.79 Å². The minimum absolute atomic E-state index is 0.112. The topological polar surface area (TPSA) is 67.8 Å². The van der Waals surface area contributed by atoms with Gasteiger partial charge in [-0.1, -0.05) is 11.8 Å². The number of unbranched alkanes of at least 4 members (excludes halogenated alkanes) is 1. The third-order valence-corrected chi connectivity index (χ3v) is 3.38. The number of Topliss-reactive ketones (excluding diaryl/α,β-unsaturated/α-hetero) is 1. The van der Waals surface area contributed by atoms with Crippen LogP contribution >= 0.6 is 11.8 Å². The number of hydrogen-bond donors (Lipinski definition) is 1. The zero-order valence-corrected chi connectivity index (χ0v) is 11.3. The highest BCUT2D eigenvalue weighted by Crippen LogP contribution is 2.18. The molecule has 0 aromatic carbocycles. The second-order valence-electron chi connectivity index (χ2n) is 4.28. The van der Waals surface area contributed by atoms with E-state index in [9.17, 15) is 9.59 Å². The molecule has 0 fully saturated rings. The van der Waals surface area contributed by atoms with Crippen LogP contribution in [-0.2, 0) is 4.79 Å². The fourth-order valence-corrected chi connectivity index (χ4v) is 2.56. The number of nitrogens with zero attached hydrogens (tertiary/aromatic N) is 2. The lowest BCUT2D eigenvalue weighted by atomic mass is 10.2. The minimum Gasteiger partial charge on any atom is -0.300 e. The van der Waals surface area contributed by atoms with Gasteiger partial charge in [-0.25, -0.2) is 9.89 Å². The molecule has 17 heavy (non-hydrogen) atoms. The zero-order valence-electron chi connectivity index (χ0n) is 10.5. The first-order chi connectivity index (χ1) is 8.02. The third-order valence-electron chi connectivity index (χ3n) is 2.34. The number of thioether (sulfide) groups is 1. The van der Waals surface area contributed by atoms with Gasteiger partial charge in [-0.2, -0.15) is 0 Å². The molecular formula is C11H19N3O2S. The van der Waals surface area contributed by atoms with Crippen molar-refractivity contribution in [2.24, 2.45) is 0 Å². The molecule has 1 N–H and O–H groups in total. The molecule has 0 saturated carbocycles. The van der Waals surface area contributed by atoms with Crippen molar-refractivity contribution in [2.45, 2.75) is 51.2 Å². The van der Waals surface area contributed by atoms with Crippen molar-refractivity contribution in [1.29, 1.82) is 0 Å². The molecule has 1 aromatic heterocycles. The first-order valence-electron chi connectivity index (χ1n) is 5.81. The molecule has 0 unspecified atom stereocenters. The molecule has 6 heteroatoms. The molecule has 0 atom stereocenters. The Morgan fingerprint density at radius 2 is 2.18 bits per heavy atom. The van der Waals surface area contributed by atoms with E-state index in [1.807, 2.05) is 13.8 Å². The maximum Gasteiger partial charge on any atom is 0.344 e. The van der Waals surface area contributed by atoms with E-state index in [0.717, 1.165) is 23.8 Å². The zero-order chi connectivity index (χ0) is 12.8. The van der Waals surface area contributed by atoms with Gasteiger partial charge < -0.3 is 4.79 Å². The van der Waals surface area contributed by atoms with E-state index in [4.69, 9.17) is 0 Å². The highest BCUT2D eigenvalue weighted by atomic mass is 32.2. The Labute approximate surface area is 105 Å². The maximum absolute atomic E-state index is 11.4. The number of rotatable bonds is 7. The summed E-state index contributed by atoms with van der Waals surface area (Å²) in [6.45, 7) is 5.52. The first-order valence-corrected chi connectivity index (χ1v) is 6.80. The molecule has 0 radical (unpaired) electrons. The van der Waals surface area contributed by atoms with Crippen molar-refractivity contribution in [3.05, 3.63) is 10.5 Å². The van der Waals surface area contributed by atoms with E-state index in [1.165, 1.54) is 0 Å². The van der Waals surface area contributed by atoms with Gasteiger partial charge in [0.2, 0.25) is 0 Å². The summed E-state index contributed by atoms with van der Waals surface area (Å²) in [6, 6.07) is 0.112. The Bertz CT molecular complexity index is 423. The molecule has 1 aromatic rings. The number of nitrogens with one attached hydrogen (secondary N) is 1. The van der Waals surface area contributed by atoms with Crippen molar-refractivity contribution >= 4 is 17.5 Å². The van der Waals surface area contributed by atoms with Gasteiger partial charge in [0.05, 0.1) is 0 Å². The van der Waals surface area contributed by atoms with E-state index in [1.54, 1.807) is 23.3 Å². The summed E-state index contributed by atoms with van der Waals surface area (Å²) >= 11 is 1.56. The second kappa shape index (κ2) is 6.64. The van der Waals surface area contributed by atoms with Gasteiger partial charge in [0.1, 0.15) is 5.78 Å². The van der Waals surface area contributed by atoms with Crippen molar-refractivity contribution in [1.82, 2.24) is 14.8 Å². The van der Waals surface area contributed by atoms with Gasteiger partial charge in [0.25, 0.3) is 0 Å². The van der Waals surface area contributed by atoms with Crippen LogP contribution in [0.2, 0.25) is 0 Å². The number of carbonyl (C=O) groups is 1. The fourth-order valence-electron chi connectivity index (χ4n) is 1.49. The van der Waals surface area contributed by atoms with Gasteiger partial charge in [-0.15, -0.1) is 5.10 Å². The van der Waals surface area contributed by atoms with Gasteiger partial charge in [0, 0.05) is 18.2 Å². The standard InChI is InChI=1S/C11H19N3O2S/c1-8(2)14-10(16)12-13-11(14)17-7-5-4-6-9(3)15/h8H,4-7H2,1-3H3,(H,12,16). The predicted molar refractivity (Wildman–Crippen MR) is 68.5 cm³/mol. The molecule has 5 nitrogen and oxygen atoms in total. The monoisotopic (exact) mass is 257 g/mol. The number of aromatic nitrogens is 3. The molecule has 0 saturated heterocycles. The summed E-state index contributed by atoms with van der Waals surface area (Å²) in [5, 5.41) is 7.18. The van der Waals surface area contributed by atoms with Crippen LogP contribution in [0.4, 0.5) is 0 Å². The molecule has 0 spiro atoms. The molecule has 0 aliphatic carbocycles. The highest BCUT2D eigenvalue weighted by Gasteiger charge is 2.11. The highest BCUT2D eigenvalue weighted by molar-refractivity contribution is 7.99. The number of hydrogen-bond acceptors (Lipinski definition) is 4. The summed E-state index contributed by atoms with van der Waals surface area (Å²) in [5.74, 6) is 1.11. The van der Waals surface area contributed by atoms with Crippen LogP contribution in [0.15, 0.2) is 9.95 Å². The van der Waals surface area contributed by atoms with Crippen LogP contribution in [0.3, 0.4) is 0 Å². The molecule has 0 aliphatic rings. The van der Waals surface area contributed by atoms with E-state index >= 15 is 0 Å². The summed E-state index contributed by atoms with van der Waals surface area (Å²) < 4.78 is 1.65. The van der Waals surface area contributed by atoms with Gasteiger partial charge >= 0.3 is 5.69 Å². The van der Waals surface area contributed by atoms with Crippen LogP contribution < -0.4 is 5.69 Å². The van der Waals surface area contributed by atoms with Crippen LogP contribution in [0, 0.1) is 0 Å². The average molecular weight is 257 g/mol. The van der Waals surface area contributed by atoms with Crippen molar-refractivity contribution in [3.8, 4) is 0 Å². The SMILES string of the molecule is CC(=O)CCCCSc1n[nH]c(=O)n1C(C)C. The summed E-state index contributed by atoms with van der Waals surface area (Å²) in [5.41, 5.74) is -0.161. The maximum atomic E-state index is 11.4. The van der Waals surface area contributed by atoms with Crippen LogP contribution in [-0.4, -0.2) is 26.3 Å². The van der Waals surface area contributed by atoms with Crippen molar-refractivity contribution in [3.63, 3.8) is 0 Å². The minimum atomic E-state index is -0.161. The molecule has 0 amide bonds. The summed E-state index contributed by atoms with van der Waals surface area (Å²) in [6.07, 6.45) is 2.50. The lowest BCUT2D eigenvalue weighted by Gasteiger charge is -2.07. The molecule has 1 heterocycles. The number of ketones is 1. The van der Waals surface area contributed by atoms with Gasteiger partial charge in [-0.3, -0.25) is 4.57 Å². The fraction of sp³-hybridized carbons (Fsp3) is 0.727. The second-order valence-corrected chi connectivity index (χ2v) is 5.34. The number of H-pyrrole nitrogens is 1. The van der Waals surface area contributed by atoms with Crippen LogP contribution in [0.1, 0.15) is 46.1 Å². The van der Waals surface area contributed by atoms with Crippen molar-refractivity contribution in [2.75, 3.05) is 5.75 Å². The van der Waals surface area contributed by atoms with E-state index in [-0.39, 0.29) is 17.5 Å². The quantitative estimate of drug-likeness (QED) is 0.599. The molecular weight excluding hydrogens is 238 g/mol. The molecule has 0 bridgehead atoms. The smallest absolute Gasteiger partial charge is 0.300 e. The lowest BCUT2D eigenvalue weighted by molar-refractivity contribution is -0.117. The Hall–Kier alpha value is -1.04. The average Bonchev–Trinajstić information content (AvgIpc) is 2.59. The summed E-state index contributed by atoms with van der Waals surface area (Å²) in [7, 11) is 0. The largest absolute Gasteiger partial charge is 0.344 e. The predicted octanol–water partition coefficient (Wildman–Crippen LogP) is 2.00. The van der Waals surface area contributed by atoms with Crippen LogP contribution in [0.5, 0.6) is 0 Å². The number of aromatic amines is 1. The molecule has 1 rings (SSSR count). The van der Waals surface area contributed by atoms with E-state index < -0.39 is 0 Å². The Morgan fingerprint density at radius 3 is 2.76 bits per heavy atom. The van der Waals surface area contributed by atoms with Gasteiger partial charge in [-0.05, 0) is 33.6 Å². The van der Waals surface area contributed by atoms with Crippen LogP contribution in [0.25, 0.3) is 0 Å².